The van der Waals surface area contributed by atoms with Gasteiger partial charge < -0.3 is 19.6 Å². The highest BCUT2D eigenvalue weighted by atomic mass is 15.2. The Morgan fingerprint density at radius 1 is 0.0909 bits per heavy atom. The Morgan fingerprint density at radius 2 is 0.193 bits per heavy atom. The zero-order chi connectivity index (χ0) is 58.9. The molecular formula is C84H62N4. The summed E-state index contributed by atoms with van der Waals surface area (Å²) in [5.41, 5.74) is 24.5. The van der Waals surface area contributed by atoms with Gasteiger partial charge in [0.25, 0.3) is 0 Å². The predicted octanol–water partition coefficient (Wildman–Crippen LogP) is 23.9. The van der Waals surface area contributed by atoms with Crippen LogP contribution >= 0.6 is 0 Å². The molecule has 0 amide bonds. The topological polar surface area (TPSA) is 13.0 Å². The first-order valence-electron chi connectivity index (χ1n) is 30.0. The second-order valence-corrected chi connectivity index (χ2v) is 21.8. The van der Waals surface area contributed by atoms with Crippen molar-refractivity contribution in [2.75, 3.05) is 19.6 Å². The first kappa shape index (κ1) is 54.2. The van der Waals surface area contributed by atoms with Gasteiger partial charge in [-0.2, -0.15) is 0 Å². The van der Waals surface area contributed by atoms with Crippen molar-refractivity contribution in [3.63, 3.8) is 0 Å². The van der Waals surface area contributed by atoms with Crippen LogP contribution in [0.3, 0.4) is 0 Å². The lowest BCUT2D eigenvalue weighted by Gasteiger charge is -2.30. The lowest BCUT2D eigenvalue weighted by Crippen LogP contribution is -2.13. The number of rotatable bonds is 17. The molecule has 0 spiro atoms. The molecule has 4 nitrogen and oxygen atoms in total. The van der Waals surface area contributed by atoms with Gasteiger partial charge in [0.1, 0.15) is 0 Å². The monoisotopic (exact) mass is 1130 g/mol. The van der Waals surface area contributed by atoms with Gasteiger partial charge in [-0.15, -0.1) is 0 Å². The summed E-state index contributed by atoms with van der Waals surface area (Å²) in [5.74, 6) is 0. The van der Waals surface area contributed by atoms with Crippen LogP contribution in [0.5, 0.6) is 0 Å². The second-order valence-electron chi connectivity index (χ2n) is 21.8. The number of para-hydroxylation sites is 1. The average Bonchev–Trinajstić information content (AvgIpc) is 2.65. The van der Waals surface area contributed by atoms with E-state index in [1.165, 1.54) is 50.1 Å². The van der Waals surface area contributed by atoms with Gasteiger partial charge >= 0.3 is 0 Å². The number of hydrogen-bond donors (Lipinski definition) is 0. The minimum atomic E-state index is 1.03. The normalized spacial score (nSPS) is 11.0. The molecule has 0 aromatic heterocycles. The minimum Gasteiger partial charge on any atom is -0.311 e. The Balaban J connectivity index is 0.812. The van der Waals surface area contributed by atoms with Crippen molar-refractivity contribution in [1.29, 1.82) is 0 Å². The summed E-state index contributed by atoms with van der Waals surface area (Å²) in [6.45, 7) is 0. The second kappa shape index (κ2) is 25.2. The summed E-state index contributed by atoms with van der Waals surface area (Å²) in [6.07, 6.45) is 0. The summed E-state index contributed by atoms with van der Waals surface area (Å²) in [7, 11) is 0. The summed E-state index contributed by atoms with van der Waals surface area (Å²) in [4.78, 5) is 9.37. The van der Waals surface area contributed by atoms with Gasteiger partial charge in [0, 0.05) is 68.2 Å². The molecule has 0 radical (unpaired) electrons. The molecule has 0 heterocycles. The van der Waals surface area contributed by atoms with Crippen LogP contribution in [0, 0.1) is 0 Å². The first-order chi connectivity index (χ1) is 43.6. The minimum absolute atomic E-state index is 1.03. The molecule has 0 fully saturated rings. The maximum atomic E-state index is 2.35. The van der Waals surface area contributed by atoms with Gasteiger partial charge in [-0.25, -0.2) is 0 Å². The van der Waals surface area contributed by atoms with Crippen molar-refractivity contribution in [2.24, 2.45) is 0 Å². The first-order valence-corrected chi connectivity index (χ1v) is 30.0. The maximum absolute atomic E-state index is 2.35. The van der Waals surface area contributed by atoms with E-state index in [-0.39, 0.29) is 0 Å². The fourth-order valence-corrected chi connectivity index (χ4v) is 11.8. The molecule has 0 aliphatic carbocycles. The maximum Gasteiger partial charge on any atom is 0.0463 e. The molecule has 0 saturated heterocycles. The largest absolute Gasteiger partial charge is 0.311 e. The van der Waals surface area contributed by atoms with Crippen molar-refractivity contribution in [3.8, 4) is 55.6 Å². The van der Waals surface area contributed by atoms with Gasteiger partial charge in [-0.05, 0) is 201 Å². The Hall–Kier alpha value is -11.7. The lowest BCUT2D eigenvalue weighted by atomic mass is 10.0. The van der Waals surface area contributed by atoms with Crippen LogP contribution in [0.15, 0.2) is 376 Å². The van der Waals surface area contributed by atoms with Crippen LogP contribution in [-0.4, -0.2) is 0 Å². The smallest absolute Gasteiger partial charge is 0.0463 e. The molecular weight excluding hydrogens is 1060 g/mol. The zero-order valence-electron chi connectivity index (χ0n) is 48.6. The zero-order valence-corrected chi connectivity index (χ0v) is 48.6. The fourth-order valence-electron chi connectivity index (χ4n) is 11.8. The van der Waals surface area contributed by atoms with E-state index < -0.39 is 0 Å². The van der Waals surface area contributed by atoms with Crippen LogP contribution in [-0.2, 0) is 0 Å². The van der Waals surface area contributed by atoms with E-state index in [4.69, 9.17) is 0 Å². The van der Waals surface area contributed by atoms with E-state index in [1.54, 1.807) is 0 Å². The molecule has 14 aromatic carbocycles. The molecule has 0 N–H and O–H groups in total. The Labute approximate surface area is 516 Å². The van der Waals surface area contributed by atoms with Crippen LogP contribution in [0.4, 0.5) is 68.2 Å². The van der Waals surface area contributed by atoms with Crippen LogP contribution in [0.1, 0.15) is 0 Å². The predicted molar refractivity (Wildman–Crippen MR) is 372 cm³/mol. The van der Waals surface area contributed by atoms with Crippen LogP contribution in [0.25, 0.3) is 55.6 Å². The van der Waals surface area contributed by atoms with E-state index >= 15 is 0 Å². The molecule has 14 rings (SSSR count). The summed E-state index contributed by atoms with van der Waals surface area (Å²) >= 11 is 0. The van der Waals surface area contributed by atoms with E-state index in [0.29, 0.717) is 0 Å². The van der Waals surface area contributed by atoms with Crippen molar-refractivity contribution in [1.82, 2.24) is 0 Å². The summed E-state index contributed by atoms with van der Waals surface area (Å²) < 4.78 is 0. The molecule has 14 aromatic rings. The molecule has 0 bridgehead atoms. The highest BCUT2D eigenvalue weighted by molar-refractivity contribution is 5.87. The van der Waals surface area contributed by atoms with Gasteiger partial charge in [0.05, 0.1) is 0 Å². The van der Waals surface area contributed by atoms with E-state index in [1.807, 2.05) is 0 Å². The van der Waals surface area contributed by atoms with Crippen molar-refractivity contribution in [2.45, 2.75) is 0 Å². The highest BCUT2D eigenvalue weighted by Gasteiger charge is 2.21. The molecule has 0 saturated carbocycles. The van der Waals surface area contributed by atoms with Gasteiger partial charge in [-0.1, -0.05) is 231 Å². The van der Waals surface area contributed by atoms with E-state index in [0.717, 1.165) is 73.8 Å². The summed E-state index contributed by atoms with van der Waals surface area (Å²) in [5, 5.41) is 0. The van der Waals surface area contributed by atoms with Gasteiger partial charge in [-0.3, -0.25) is 0 Å². The van der Waals surface area contributed by atoms with Crippen molar-refractivity contribution < 1.29 is 0 Å². The standard InChI is InChI=1S/C84H62N4/c1-7-19-63(20-8-1)68-31-41-74(42-32-68)86(75-43-33-69(34-44-75)64-21-9-2-10-22-64)81-55-51-79(52-56-81)85(73-29-17-6-18-30-73)80-53-57-83(58-54-80)88(78-49-39-72(40-50-78)67-27-15-5-16-28-67)84-61-59-82(60-62-84)87(76-45-35-70(36-46-76)65-23-11-3-12-24-65)77-47-37-71(38-48-77)66-25-13-4-14-26-66/h1-62H. The third-order valence-electron chi connectivity index (χ3n) is 16.3. The molecule has 0 unspecified atom stereocenters. The Morgan fingerprint density at radius 3 is 0.341 bits per heavy atom. The van der Waals surface area contributed by atoms with Gasteiger partial charge in [0.2, 0.25) is 0 Å². The van der Waals surface area contributed by atoms with E-state index in [9.17, 15) is 0 Å². The fraction of sp³-hybridized carbons (Fsp3) is 0. The molecule has 88 heavy (non-hydrogen) atoms. The van der Waals surface area contributed by atoms with Crippen LogP contribution < -0.4 is 19.6 Å². The number of hydrogen-bond acceptors (Lipinski definition) is 4. The molecule has 0 aliphatic heterocycles. The SMILES string of the molecule is c1ccc(-c2ccc(N(c3ccc(-c4ccccc4)cc3)c3ccc(N(c4ccccc4)c4ccc(N(c5ccc(-c6ccccc6)cc5)c5ccc(N(c6ccc(-c7ccccc7)cc6)c6ccc(-c7ccccc7)cc6)cc5)cc4)cc3)cc2)cc1. The molecule has 0 atom stereocenters. The lowest BCUT2D eigenvalue weighted by molar-refractivity contribution is 1.24. The van der Waals surface area contributed by atoms with Crippen molar-refractivity contribution in [3.05, 3.63) is 376 Å². The van der Waals surface area contributed by atoms with Crippen LogP contribution in [0.2, 0.25) is 0 Å². The molecule has 418 valence electrons. The summed E-state index contributed by atoms with van der Waals surface area (Å²) in [6, 6.07) is 135. The Kier molecular flexibility index (Phi) is 15.6. The Bertz CT molecular complexity index is 4330. The number of benzene rings is 14. The highest BCUT2D eigenvalue weighted by Crippen LogP contribution is 2.44. The molecule has 4 heteroatoms. The third kappa shape index (κ3) is 11.7. The van der Waals surface area contributed by atoms with E-state index in [2.05, 4.69) is 396 Å². The average molecular weight is 1130 g/mol. The van der Waals surface area contributed by atoms with Gasteiger partial charge in [0.15, 0.2) is 0 Å². The number of anilines is 12. The quantitative estimate of drug-likeness (QED) is 0.0901. The number of nitrogens with zero attached hydrogens (tertiary/aromatic N) is 4. The molecule has 0 aliphatic rings. The third-order valence-corrected chi connectivity index (χ3v) is 16.3. The van der Waals surface area contributed by atoms with Crippen molar-refractivity contribution >= 4 is 68.2 Å².